The van der Waals surface area contributed by atoms with Crippen molar-refractivity contribution < 1.29 is 4.74 Å². The summed E-state index contributed by atoms with van der Waals surface area (Å²) < 4.78 is 6.19. The summed E-state index contributed by atoms with van der Waals surface area (Å²) in [6.45, 7) is 6.53. The Hall–Kier alpha value is -1.76. The van der Waals surface area contributed by atoms with E-state index in [9.17, 15) is 0 Å². The zero-order valence-electron chi connectivity index (χ0n) is 11.9. The lowest BCUT2D eigenvalue weighted by Crippen LogP contribution is -2.16. The molecule has 1 atom stereocenters. The first-order valence-corrected chi connectivity index (χ1v) is 6.97. The molecule has 19 heavy (non-hydrogen) atoms. The predicted octanol–water partition coefficient (Wildman–Crippen LogP) is 4.68. The highest BCUT2D eigenvalue weighted by atomic mass is 16.5. The minimum Gasteiger partial charge on any atom is -0.485 e. The molecule has 1 aliphatic heterocycles. The van der Waals surface area contributed by atoms with Crippen molar-refractivity contribution in [2.45, 2.75) is 39.7 Å². The first-order valence-electron chi connectivity index (χ1n) is 6.97. The zero-order valence-corrected chi connectivity index (χ0v) is 11.9. The van der Waals surface area contributed by atoms with Crippen molar-refractivity contribution in [1.29, 1.82) is 0 Å². The number of rotatable bonds is 1. The van der Waals surface area contributed by atoms with Crippen LogP contribution in [0.1, 0.15) is 40.3 Å². The van der Waals surface area contributed by atoms with Crippen molar-refractivity contribution in [3.63, 3.8) is 0 Å². The summed E-state index contributed by atoms with van der Waals surface area (Å²) in [5, 5.41) is 0. The van der Waals surface area contributed by atoms with Gasteiger partial charge >= 0.3 is 0 Å². The van der Waals surface area contributed by atoms with E-state index in [-0.39, 0.29) is 6.10 Å². The zero-order chi connectivity index (χ0) is 13.4. The maximum Gasteiger partial charge on any atom is 0.124 e. The highest BCUT2D eigenvalue weighted by molar-refractivity contribution is 5.41. The van der Waals surface area contributed by atoms with Crippen molar-refractivity contribution in [3.05, 3.63) is 64.2 Å². The summed E-state index contributed by atoms with van der Waals surface area (Å²) in [5.41, 5.74) is 6.73. The Morgan fingerprint density at radius 3 is 2.53 bits per heavy atom. The van der Waals surface area contributed by atoms with Crippen molar-refractivity contribution >= 4 is 0 Å². The maximum absolute atomic E-state index is 6.19. The first kappa shape index (κ1) is 12.3. The molecule has 1 heterocycles. The second-order valence-corrected chi connectivity index (χ2v) is 5.55. The van der Waals surface area contributed by atoms with E-state index in [0.717, 1.165) is 18.6 Å². The molecule has 0 aliphatic carbocycles. The average molecular weight is 252 g/mol. The largest absolute Gasteiger partial charge is 0.485 e. The van der Waals surface area contributed by atoms with Crippen molar-refractivity contribution in [2.75, 3.05) is 0 Å². The van der Waals surface area contributed by atoms with E-state index in [2.05, 4.69) is 57.2 Å². The van der Waals surface area contributed by atoms with Gasteiger partial charge in [-0.15, -0.1) is 0 Å². The Morgan fingerprint density at radius 2 is 1.68 bits per heavy atom. The third kappa shape index (κ3) is 2.25. The molecule has 0 saturated carbocycles. The molecule has 0 N–H and O–H groups in total. The summed E-state index contributed by atoms with van der Waals surface area (Å²) in [4.78, 5) is 0. The number of benzene rings is 2. The molecule has 0 amide bonds. The molecule has 1 unspecified atom stereocenters. The van der Waals surface area contributed by atoms with Crippen LogP contribution in [0.15, 0.2) is 36.4 Å². The molecule has 1 nitrogen and oxygen atoms in total. The minimum absolute atomic E-state index is 0.203. The van der Waals surface area contributed by atoms with Gasteiger partial charge in [-0.05, 0) is 67.5 Å². The number of hydrogen-bond donors (Lipinski definition) is 0. The Bertz CT molecular complexity index is 613. The lowest BCUT2D eigenvalue weighted by molar-refractivity contribution is 0.176. The highest BCUT2D eigenvalue weighted by Crippen LogP contribution is 2.36. The van der Waals surface area contributed by atoms with Gasteiger partial charge in [-0.1, -0.05) is 30.3 Å². The standard InChI is InChI=1S/C18H20O/c1-12-10-14(3)16(11-13(12)2)18-9-8-15-6-4-5-7-17(15)19-18/h4-7,10-11,18H,8-9H2,1-3H3. The van der Waals surface area contributed by atoms with E-state index < -0.39 is 0 Å². The lowest BCUT2D eigenvalue weighted by atomic mass is 9.92. The Labute approximate surface area is 115 Å². The Morgan fingerprint density at radius 1 is 0.947 bits per heavy atom. The SMILES string of the molecule is Cc1cc(C)c(C2CCc3ccccc3O2)cc1C. The predicted molar refractivity (Wildman–Crippen MR) is 78.8 cm³/mol. The van der Waals surface area contributed by atoms with Gasteiger partial charge in [0, 0.05) is 0 Å². The maximum atomic E-state index is 6.19. The Kier molecular flexibility index (Phi) is 3.06. The fourth-order valence-electron chi connectivity index (χ4n) is 2.87. The third-order valence-corrected chi connectivity index (χ3v) is 4.15. The van der Waals surface area contributed by atoms with Crippen LogP contribution in [0.5, 0.6) is 5.75 Å². The smallest absolute Gasteiger partial charge is 0.124 e. The van der Waals surface area contributed by atoms with Crippen LogP contribution in [0.4, 0.5) is 0 Å². The van der Waals surface area contributed by atoms with E-state index >= 15 is 0 Å². The molecule has 0 aromatic heterocycles. The molecule has 1 aliphatic rings. The van der Waals surface area contributed by atoms with E-state index in [1.807, 2.05) is 0 Å². The van der Waals surface area contributed by atoms with Gasteiger partial charge in [0.1, 0.15) is 11.9 Å². The van der Waals surface area contributed by atoms with Gasteiger partial charge in [0.25, 0.3) is 0 Å². The number of para-hydroxylation sites is 1. The fraction of sp³-hybridized carbons (Fsp3) is 0.333. The van der Waals surface area contributed by atoms with Crippen molar-refractivity contribution in [3.8, 4) is 5.75 Å². The summed E-state index contributed by atoms with van der Waals surface area (Å²) in [6, 6.07) is 13.0. The van der Waals surface area contributed by atoms with E-state index in [0.29, 0.717) is 0 Å². The third-order valence-electron chi connectivity index (χ3n) is 4.15. The summed E-state index contributed by atoms with van der Waals surface area (Å²) in [7, 11) is 0. The van der Waals surface area contributed by atoms with Gasteiger partial charge < -0.3 is 4.74 Å². The molecular weight excluding hydrogens is 232 g/mol. The normalized spacial score (nSPS) is 17.7. The summed E-state index contributed by atoms with van der Waals surface area (Å²) in [6.07, 6.45) is 2.38. The van der Waals surface area contributed by atoms with Crippen LogP contribution in [0.3, 0.4) is 0 Å². The molecule has 0 fully saturated rings. The molecule has 0 radical (unpaired) electrons. The van der Waals surface area contributed by atoms with Crippen LogP contribution in [0.2, 0.25) is 0 Å². The number of ether oxygens (including phenoxy) is 1. The average Bonchev–Trinajstić information content (AvgIpc) is 2.42. The van der Waals surface area contributed by atoms with Gasteiger partial charge in [-0.25, -0.2) is 0 Å². The first-order chi connectivity index (χ1) is 9.15. The number of fused-ring (bicyclic) bond motifs is 1. The van der Waals surface area contributed by atoms with Gasteiger partial charge in [-0.3, -0.25) is 0 Å². The van der Waals surface area contributed by atoms with E-state index in [4.69, 9.17) is 4.74 Å². The summed E-state index contributed by atoms with van der Waals surface area (Å²) in [5.74, 6) is 1.05. The van der Waals surface area contributed by atoms with Crippen LogP contribution in [0.25, 0.3) is 0 Å². The van der Waals surface area contributed by atoms with Gasteiger partial charge in [0.15, 0.2) is 0 Å². The van der Waals surface area contributed by atoms with E-state index in [1.165, 1.54) is 27.8 Å². The topological polar surface area (TPSA) is 9.23 Å². The van der Waals surface area contributed by atoms with Crippen LogP contribution in [-0.4, -0.2) is 0 Å². The van der Waals surface area contributed by atoms with Gasteiger partial charge in [0.05, 0.1) is 0 Å². The molecule has 2 aromatic rings. The molecule has 2 aromatic carbocycles. The Balaban J connectivity index is 1.95. The second-order valence-electron chi connectivity index (χ2n) is 5.55. The summed E-state index contributed by atoms with van der Waals surface area (Å²) >= 11 is 0. The number of aryl methyl sites for hydroxylation is 4. The van der Waals surface area contributed by atoms with Gasteiger partial charge in [-0.2, -0.15) is 0 Å². The molecular formula is C18H20O. The van der Waals surface area contributed by atoms with Crippen LogP contribution in [-0.2, 0) is 6.42 Å². The van der Waals surface area contributed by atoms with Crippen molar-refractivity contribution in [2.24, 2.45) is 0 Å². The van der Waals surface area contributed by atoms with Crippen LogP contribution >= 0.6 is 0 Å². The minimum atomic E-state index is 0.203. The number of hydrogen-bond acceptors (Lipinski definition) is 1. The molecule has 1 heteroatoms. The lowest BCUT2D eigenvalue weighted by Gasteiger charge is -2.28. The van der Waals surface area contributed by atoms with Gasteiger partial charge in [0.2, 0.25) is 0 Å². The molecule has 3 rings (SSSR count). The fourth-order valence-corrected chi connectivity index (χ4v) is 2.87. The van der Waals surface area contributed by atoms with Crippen LogP contribution in [0, 0.1) is 20.8 Å². The monoisotopic (exact) mass is 252 g/mol. The second kappa shape index (κ2) is 4.73. The highest BCUT2D eigenvalue weighted by Gasteiger charge is 2.22. The molecule has 0 saturated heterocycles. The molecule has 0 bridgehead atoms. The van der Waals surface area contributed by atoms with Crippen molar-refractivity contribution in [1.82, 2.24) is 0 Å². The molecule has 98 valence electrons. The molecule has 0 spiro atoms. The van der Waals surface area contributed by atoms with Crippen LogP contribution < -0.4 is 4.74 Å². The van der Waals surface area contributed by atoms with E-state index in [1.54, 1.807) is 0 Å². The quantitative estimate of drug-likeness (QED) is 0.716.